The zero-order valence-corrected chi connectivity index (χ0v) is 21.9. The minimum absolute atomic E-state index is 0.474. The molecule has 5 heteroatoms. The van der Waals surface area contributed by atoms with Crippen molar-refractivity contribution in [1.29, 1.82) is 0 Å². The van der Waals surface area contributed by atoms with Gasteiger partial charge in [-0.05, 0) is 60.6 Å². The molecular weight excluding hydrogens is 472 g/mol. The van der Waals surface area contributed by atoms with Crippen LogP contribution in [0.3, 0.4) is 0 Å². The van der Waals surface area contributed by atoms with Crippen molar-refractivity contribution in [3.63, 3.8) is 0 Å². The first-order valence-corrected chi connectivity index (χ1v) is 14.3. The second kappa shape index (κ2) is 13.6. The van der Waals surface area contributed by atoms with Crippen molar-refractivity contribution in [1.82, 2.24) is 0 Å². The second-order valence-electron chi connectivity index (χ2n) is 8.08. The standard InChI is InChI=1S/C30H33ClO3Si/c1-4-14-25-17-7-10-20-28(25)32-35(24-13-23-31,33-29-21-11-8-18-26(29)15-5-2)34-30-22-12-9-19-27(30)16-6-3/h4-12,17-22H,1-3,13-16,23-24H2. The highest BCUT2D eigenvalue weighted by Gasteiger charge is 2.49. The van der Waals surface area contributed by atoms with Crippen LogP contribution >= 0.6 is 11.6 Å². The maximum atomic E-state index is 6.80. The molecule has 0 saturated carbocycles. The van der Waals surface area contributed by atoms with E-state index in [1.165, 1.54) is 0 Å². The highest BCUT2D eigenvalue weighted by atomic mass is 35.5. The Morgan fingerprint density at radius 3 is 1.26 bits per heavy atom. The van der Waals surface area contributed by atoms with Gasteiger partial charge in [-0.15, -0.1) is 31.3 Å². The van der Waals surface area contributed by atoms with Gasteiger partial charge in [0.25, 0.3) is 0 Å². The third-order valence-corrected chi connectivity index (χ3v) is 8.25. The van der Waals surface area contributed by atoms with E-state index in [1.54, 1.807) is 0 Å². The largest absolute Gasteiger partial charge is 0.699 e. The van der Waals surface area contributed by atoms with Crippen molar-refractivity contribution in [2.75, 3.05) is 5.88 Å². The average Bonchev–Trinajstić information content (AvgIpc) is 2.87. The molecule has 0 fully saturated rings. The number of hydrogen-bond donors (Lipinski definition) is 0. The minimum atomic E-state index is -3.41. The molecule has 0 bridgehead atoms. The fraction of sp³-hybridized carbons (Fsp3) is 0.200. The Hall–Kier alpha value is -3.21. The van der Waals surface area contributed by atoms with Crippen LogP contribution in [-0.4, -0.2) is 14.7 Å². The van der Waals surface area contributed by atoms with E-state index in [0.717, 1.165) is 33.9 Å². The van der Waals surface area contributed by atoms with Gasteiger partial charge in [0.15, 0.2) is 0 Å². The summed E-state index contributed by atoms with van der Waals surface area (Å²) in [6.45, 7) is 11.7. The van der Waals surface area contributed by atoms with Crippen LogP contribution < -0.4 is 13.3 Å². The molecule has 182 valence electrons. The Bertz CT molecular complexity index is 993. The predicted molar refractivity (Wildman–Crippen MR) is 149 cm³/mol. The number of rotatable bonds is 15. The summed E-state index contributed by atoms with van der Waals surface area (Å²) in [7, 11) is -3.41. The first-order chi connectivity index (χ1) is 17.1. The fourth-order valence-corrected chi connectivity index (χ4v) is 6.79. The molecule has 0 aliphatic rings. The first-order valence-electron chi connectivity index (χ1n) is 11.8. The maximum absolute atomic E-state index is 6.80. The smallest absolute Gasteiger partial charge is 0.483 e. The lowest BCUT2D eigenvalue weighted by molar-refractivity contribution is 0.257. The average molecular weight is 505 g/mol. The number of allylic oxidation sites excluding steroid dienone is 3. The van der Waals surface area contributed by atoms with Gasteiger partial charge in [0, 0.05) is 5.88 Å². The maximum Gasteiger partial charge on any atom is 0.699 e. The van der Waals surface area contributed by atoms with E-state index in [1.807, 2.05) is 91.0 Å². The van der Waals surface area contributed by atoms with Crippen LogP contribution in [0.15, 0.2) is 111 Å². The van der Waals surface area contributed by atoms with E-state index in [4.69, 9.17) is 24.9 Å². The Balaban J connectivity index is 2.13. The van der Waals surface area contributed by atoms with Crippen molar-refractivity contribution in [2.45, 2.75) is 31.7 Å². The molecule has 35 heavy (non-hydrogen) atoms. The van der Waals surface area contributed by atoms with Crippen LogP contribution in [-0.2, 0) is 19.3 Å². The quantitative estimate of drug-likeness (QED) is 0.119. The first kappa shape index (κ1) is 26.4. The molecule has 3 aromatic carbocycles. The third kappa shape index (κ3) is 7.38. The van der Waals surface area contributed by atoms with Crippen LogP contribution in [0.1, 0.15) is 23.1 Å². The topological polar surface area (TPSA) is 27.7 Å². The van der Waals surface area contributed by atoms with Crippen molar-refractivity contribution in [3.8, 4) is 17.2 Å². The molecule has 0 aliphatic heterocycles. The molecule has 0 saturated heterocycles. The van der Waals surface area contributed by atoms with Crippen LogP contribution in [0.25, 0.3) is 0 Å². The highest BCUT2D eigenvalue weighted by molar-refractivity contribution is 6.63. The minimum Gasteiger partial charge on any atom is -0.483 e. The van der Waals surface area contributed by atoms with Crippen LogP contribution in [0.4, 0.5) is 0 Å². The molecular formula is C30H33ClO3Si. The molecule has 3 rings (SSSR count). The summed E-state index contributed by atoms with van der Waals surface area (Å²) in [6, 6.07) is 24.4. The number of hydrogen-bond acceptors (Lipinski definition) is 3. The summed E-state index contributed by atoms with van der Waals surface area (Å²) in [5.74, 6) is 2.67. The Morgan fingerprint density at radius 2 is 0.943 bits per heavy atom. The SMILES string of the molecule is C=CCc1ccccc1O[Si](CCCCl)(Oc1ccccc1CC=C)Oc1ccccc1CC=C. The molecule has 3 nitrogen and oxygen atoms in total. The molecule has 0 radical (unpaired) electrons. The van der Waals surface area contributed by atoms with Crippen molar-refractivity contribution >= 4 is 20.4 Å². The van der Waals surface area contributed by atoms with Crippen molar-refractivity contribution < 1.29 is 13.3 Å². The van der Waals surface area contributed by atoms with E-state index in [9.17, 15) is 0 Å². The number of benzene rings is 3. The van der Waals surface area contributed by atoms with Crippen molar-refractivity contribution in [2.24, 2.45) is 0 Å². The molecule has 0 amide bonds. The summed E-state index contributed by atoms with van der Waals surface area (Å²) in [4.78, 5) is 0. The van der Waals surface area contributed by atoms with Crippen LogP contribution in [0.5, 0.6) is 17.2 Å². The lowest BCUT2D eigenvalue weighted by atomic mass is 10.1. The van der Waals surface area contributed by atoms with E-state index in [2.05, 4.69) is 19.7 Å². The van der Waals surface area contributed by atoms with Gasteiger partial charge in [-0.1, -0.05) is 72.8 Å². The zero-order chi connectivity index (χ0) is 24.9. The van der Waals surface area contributed by atoms with E-state index >= 15 is 0 Å². The number of alkyl halides is 1. The fourth-order valence-electron chi connectivity index (χ4n) is 3.78. The summed E-state index contributed by atoms with van der Waals surface area (Å²) >= 11 is 6.18. The molecule has 0 heterocycles. The van der Waals surface area contributed by atoms with E-state index < -0.39 is 8.80 Å². The monoisotopic (exact) mass is 504 g/mol. The molecule has 0 aliphatic carbocycles. The Kier molecular flexibility index (Phi) is 10.3. The van der Waals surface area contributed by atoms with Gasteiger partial charge >= 0.3 is 8.80 Å². The van der Waals surface area contributed by atoms with Gasteiger partial charge in [0.05, 0.1) is 6.04 Å². The number of halogens is 1. The van der Waals surface area contributed by atoms with E-state index in [0.29, 0.717) is 37.6 Å². The van der Waals surface area contributed by atoms with Gasteiger partial charge in [0.2, 0.25) is 0 Å². The summed E-state index contributed by atoms with van der Waals surface area (Å²) in [6.07, 6.45) is 8.31. The summed E-state index contributed by atoms with van der Waals surface area (Å²) in [5.41, 5.74) is 3.07. The highest BCUT2D eigenvalue weighted by Crippen LogP contribution is 2.33. The van der Waals surface area contributed by atoms with Crippen LogP contribution in [0.2, 0.25) is 6.04 Å². The molecule has 0 aromatic heterocycles. The Morgan fingerprint density at radius 1 is 0.600 bits per heavy atom. The molecule has 0 spiro atoms. The lowest BCUT2D eigenvalue weighted by Crippen LogP contribution is -2.55. The zero-order valence-electron chi connectivity index (χ0n) is 20.1. The molecule has 0 N–H and O–H groups in total. The number of para-hydroxylation sites is 3. The van der Waals surface area contributed by atoms with Crippen molar-refractivity contribution in [3.05, 3.63) is 127 Å². The van der Waals surface area contributed by atoms with E-state index in [-0.39, 0.29) is 0 Å². The van der Waals surface area contributed by atoms with Gasteiger partial charge in [-0.25, -0.2) is 0 Å². The summed E-state index contributed by atoms with van der Waals surface area (Å²) < 4.78 is 20.4. The van der Waals surface area contributed by atoms with Gasteiger partial charge < -0.3 is 13.3 Å². The normalized spacial score (nSPS) is 10.9. The molecule has 0 atom stereocenters. The summed E-state index contributed by atoms with van der Waals surface area (Å²) in [5, 5.41) is 0. The van der Waals surface area contributed by atoms with Crippen LogP contribution in [0, 0.1) is 0 Å². The van der Waals surface area contributed by atoms with Gasteiger partial charge in [-0.3, -0.25) is 0 Å². The lowest BCUT2D eigenvalue weighted by Gasteiger charge is -2.32. The van der Waals surface area contributed by atoms with Gasteiger partial charge in [0.1, 0.15) is 17.2 Å². The molecule has 3 aromatic rings. The molecule has 0 unspecified atom stereocenters. The Labute approximate surface area is 215 Å². The predicted octanol–water partition coefficient (Wildman–Crippen LogP) is 7.98. The second-order valence-corrected chi connectivity index (χ2v) is 10.9. The van der Waals surface area contributed by atoms with Gasteiger partial charge in [-0.2, -0.15) is 0 Å². The third-order valence-electron chi connectivity index (χ3n) is 5.42.